The summed E-state index contributed by atoms with van der Waals surface area (Å²) in [4.78, 5) is 11.9. The van der Waals surface area contributed by atoms with Crippen molar-refractivity contribution in [1.29, 1.82) is 0 Å². The Hall–Kier alpha value is -2.06. The predicted octanol–water partition coefficient (Wildman–Crippen LogP) is 4.18. The van der Waals surface area contributed by atoms with Crippen LogP contribution in [0.4, 0.5) is 0 Å². The fourth-order valence-electron chi connectivity index (χ4n) is 1.83. The van der Waals surface area contributed by atoms with Gasteiger partial charge in [0.15, 0.2) is 5.78 Å². The first-order valence-electron chi connectivity index (χ1n) is 6.29. The van der Waals surface area contributed by atoms with Crippen molar-refractivity contribution in [1.82, 2.24) is 0 Å². The van der Waals surface area contributed by atoms with Gasteiger partial charge in [0.1, 0.15) is 5.75 Å². The zero-order valence-electron chi connectivity index (χ0n) is 11.1. The number of rotatable bonds is 4. The molecule has 0 aliphatic heterocycles. The molecule has 0 heterocycles. The summed E-state index contributed by atoms with van der Waals surface area (Å²) in [7, 11) is 0. The monoisotopic (exact) mass is 286 g/mol. The minimum Gasteiger partial charge on any atom is -0.508 e. The van der Waals surface area contributed by atoms with Gasteiger partial charge in [-0.25, -0.2) is 0 Å². The Morgan fingerprint density at radius 3 is 2.75 bits per heavy atom. The maximum absolute atomic E-state index is 11.9. The van der Waals surface area contributed by atoms with E-state index in [1.54, 1.807) is 24.3 Å². The van der Waals surface area contributed by atoms with Crippen LogP contribution in [0.25, 0.3) is 6.08 Å². The second-order valence-electron chi connectivity index (χ2n) is 4.65. The first-order chi connectivity index (χ1) is 9.54. The number of hydrogen-bond acceptors (Lipinski definition) is 2. The number of ketones is 1. The van der Waals surface area contributed by atoms with Gasteiger partial charge in [0.05, 0.1) is 0 Å². The Morgan fingerprint density at radius 2 is 2.05 bits per heavy atom. The minimum atomic E-state index is -0.00710. The van der Waals surface area contributed by atoms with Crippen molar-refractivity contribution in [2.24, 2.45) is 0 Å². The third-order valence-corrected chi connectivity index (χ3v) is 3.20. The highest BCUT2D eigenvalue weighted by Crippen LogP contribution is 2.18. The molecule has 0 aliphatic carbocycles. The summed E-state index contributed by atoms with van der Waals surface area (Å²) in [6.07, 6.45) is 3.53. The maximum atomic E-state index is 11.9. The Morgan fingerprint density at radius 1 is 1.25 bits per heavy atom. The van der Waals surface area contributed by atoms with E-state index in [2.05, 4.69) is 0 Å². The number of aryl methyl sites for hydroxylation is 1. The molecule has 0 aliphatic rings. The molecule has 102 valence electrons. The van der Waals surface area contributed by atoms with Crippen molar-refractivity contribution in [2.75, 3.05) is 0 Å². The topological polar surface area (TPSA) is 37.3 Å². The number of phenols is 1. The summed E-state index contributed by atoms with van der Waals surface area (Å²) < 4.78 is 0. The molecule has 0 radical (unpaired) electrons. The molecule has 0 spiro atoms. The van der Waals surface area contributed by atoms with Gasteiger partial charge in [0.2, 0.25) is 0 Å². The van der Waals surface area contributed by atoms with Gasteiger partial charge in [-0.3, -0.25) is 4.79 Å². The SMILES string of the molecule is Cc1ccc(/C=C/C(=O)Cc2cccc(Cl)c2)cc1O. The lowest BCUT2D eigenvalue weighted by Gasteiger charge is -2.00. The van der Waals surface area contributed by atoms with Crippen molar-refractivity contribution in [3.8, 4) is 5.75 Å². The molecule has 2 aromatic rings. The average Bonchev–Trinajstić information content (AvgIpc) is 2.40. The number of carbonyl (C=O) groups is 1. The molecule has 0 amide bonds. The van der Waals surface area contributed by atoms with Gasteiger partial charge < -0.3 is 5.11 Å². The molecule has 3 heteroatoms. The van der Waals surface area contributed by atoms with Crippen molar-refractivity contribution in [3.63, 3.8) is 0 Å². The molecule has 2 aromatic carbocycles. The maximum Gasteiger partial charge on any atom is 0.160 e. The lowest BCUT2D eigenvalue weighted by Crippen LogP contribution is -1.98. The zero-order valence-corrected chi connectivity index (χ0v) is 11.9. The van der Waals surface area contributed by atoms with Crippen LogP contribution >= 0.6 is 11.6 Å². The number of hydrogen-bond donors (Lipinski definition) is 1. The smallest absolute Gasteiger partial charge is 0.160 e. The largest absolute Gasteiger partial charge is 0.508 e. The summed E-state index contributed by atoms with van der Waals surface area (Å²) >= 11 is 5.88. The Balaban J connectivity index is 2.03. The highest BCUT2D eigenvalue weighted by molar-refractivity contribution is 6.30. The molecular formula is C17H15ClO2. The lowest BCUT2D eigenvalue weighted by atomic mass is 10.1. The van der Waals surface area contributed by atoms with Crippen LogP contribution in [0, 0.1) is 6.92 Å². The molecular weight excluding hydrogens is 272 g/mol. The Bertz CT molecular complexity index is 660. The van der Waals surface area contributed by atoms with Crippen LogP contribution < -0.4 is 0 Å². The van der Waals surface area contributed by atoms with Crippen molar-refractivity contribution < 1.29 is 9.90 Å². The summed E-state index contributed by atoms with van der Waals surface area (Å²) in [6.45, 7) is 1.83. The summed E-state index contributed by atoms with van der Waals surface area (Å²) in [5.74, 6) is 0.224. The summed E-state index contributed by atoms with van der Waals surface area (Å²) in [5, 5.41) is 10.2. The van der Waals surface area contributed by atoms with Crippen LogP contribution in [-0.2, 0) is 11.2 Å². The Labute approximate surface area is 123 Å². The molecule has 0 saturated heterocycles. The van der Waals surface area contributed by atoms with Gasteiger partial charge in [0, 0.05) is 11.4 Å². The van der Waals surface area contributed by atoms with Crippen LogP contribution in [0.3, 0.4) is 0 Å². The molecule has 0 aromatic heterocycles. The molecule has 0 atom stereocenters. The van der Waals surface area contributed by atoms with Gasteiger partial charge in [-0.15, -0.1) is 0 Å². The number of phenolic OH excluding ortho intramolecular Hbond substituents is 1. The van der Waals surface area contributed by atoms with Gasteiger partial charge in [-0.2, -0.15) is 0 Å². The average molecular weight is 287 g/mol. The van der Waals surface area contributed by atoms with Crippen LogP contribution in [0.2, 0.25) is 5.02 Å². The van der Waals surface area contributed by atoms with Crippen LogP contribution in [0.15, 0.2) is 48.5 Å². The van der Waals surface area contributed by atoms with E-state index < -0.39 is 0 Å². The van der Waals surface area contributed by atoms with Gasteiger partial charge >= 0.3 is 0 Å². The fourth-order valence-corrected chi connectivity index (χ4v) is 2.04. The van der Waals surface area contributed by atoms with E-state index in [1.165, 1.54) is 6.08 Å². The molecule has 0 fully saturated rings. The standard InChI is InChI=1S/C17H15ClO2/c1-12-5-6-13(11-17(12)20)7-8-16(19)10-14-3-2-4-15(18)9-14/h2-9,11,20H,10H2,1H3/b8-7+. The zero-order chi connectivity index (χ0) is 14.5. The predicted molar refractivity (Wildman–Crippen MR) is 82.0 cm³/mol. The quantitative estimate of drug-likeness (QED) is 0.856. The Kier molecular flexibility index (Phi) is 4.59. The van der Waals surface area contributed by atoms with Crippen LogP contribution in [0.5, 0.6) is 5.75 Å². The molecule has 2 nitrogen and oxygen atoms in total. The fraction of sp³-hybridized carbons (Fsp3) is 0.118. The van der Waals surface area contributed by atoms with Gasteiger partial charge in [-0.05, 0) is 47.9 Å². The highest BCUT2D eigenvalue weighted by Gasteiger charge is 2.01. The second kappa shape index (κ2) is 6.40. The number of carbonyl (C=O) groups excluding carboxylic acids is 1. The summed E-state index contributed by atoms with van der Waals surface area (Å²) in [6, 6.07) is 12.6. The summed E-state index contributed by atoms with van der Waals surface area (Å²) in [5.41, 5.74) is 2.50. The number of aromatic hydroxyl groups is 1. The van der Waals surface area contributed by atoms with E-state index in [4.69, 9.17) is 11.6 Å². The van der Waals surface area contributed by atoms with Gasteiger partial charge in [-0.1, -0.05) is 41.9 Å². The van der Waals surface area contributed by atoms with Crippen molar-refractivity contribution in [2.45, 2.75) is 13.3 Å². The molecule has 0 saturated carbocycles. The van der Waals surface area contributed by atoms with E-state index in [-0.39, 0.29) is 11.5 Å². The van der Waals surface area contributed by atoms with E-state index >= 15 is 0 Å². The van der Waals surface area contributed by atoms with Gasteiger partial charge in [0.25, 0.3) is 0 Å². The highest BCUT2D eigenvalue weighted by atomic mass is 35.5. The first kappa shape index (κ1) is 14.4. The first-order valence-corrected chi connectivity index (χ1v) is 6.67. The molecule has 1 N–H and O–H groups in total. The van der Waals surface area contributed by atoms with E-state index in [1.807, 2.05) is 31.2 Å². The normalized spacial score (nSPS) is 10.9. The minimum absolute atomic E-state index is 0.00710. The molecule has 20 heavy (non-hydrogen) atoms. The second-order valence-corrected chi connectivity index (χ2v) is 5.09. The van der Waals surface area contributed by atoms with Crippen molar-refractivity contribution in [3.05, 3.63) is 70.3 Å². The van der Waals surface area contributed by atoms with E-state index in [0.29, 0.717) is 11.4 Å². The third-order valence-electron chi connectivity index (χ3n) is 2.96. The molecule has 0 unspecified atom stereocenters. The van der Waals surface area contributed by atoms with Crippen LogP contribution in [-0.4, -0.2) is 10.9 Å². The van der Waals surface area contributed by atoms with Crippen LogP contribution in [0.1, 0.15) is 16.7 Å². The van der Waals surface area contributed by atoms with Crippen molar-refractivity contribution >= 4 is 23.5 Å². The number of benzene rings is 2. The van der Waals surface area contributed by atoms with E-state index in [9.17, 15) is 9.90 Å². The third kappa shape index (κ3) is 3.97. The number of halogens is 1. The van der Waals surface area contributed by atoms with E-state index in [0.717, 1.165) is 16.7 Å². The molecule has 2 rings (SSSR count). The lowest BCUT2D eigenvalue weighted by molar-refractivity contribution is -0.113. The molecule has 0 bridgehead atoms. The number of allylic oxidation sites excluding steroid dienone is 1.